The van der Waals surface area contributed by atoms with Gasteiger partial charge in [-0.05, 0) is 44.8 Å². The maximum Gasteiger partial charge on any atom is 0.226 e. The maximum atomic E-state index is 5.80. The molecule has 1 aromatic rings. The van der Waals surface area contributed by atoms with Crippen molar-refractivity contribution in [3.05, 3.63) is 11.7 Å². The summed E-state index contributed by atoms with van der Waals surface area (Å²) in [6.07, 6.45) is 4.40. The van der Waals surface area contributed by atoms with Crippen molar-refractivity contribution in [1.29, 1.82) is 0 Å². The third-order valence-corrected chi connectivity index (χ3v) is 4.39. The molecule has 2 atom stereocenters. The Kier molecular flexibility index (Phi) is 5.22. The zero-order valence-corrected chi connectivity index (χ0v) is 12.9. The van der Waals surface area contributed by atoms with Crippen molar-refractivity contribution in [3.63, 3.8) is 0 Å². The molecule has 2 aliphatic rings. The molecule has 2 saturated heterocycles. The van der Waals surface area contributed by atoms with Crippen molar-refractivity contribution in [2.24, 2.45) is 5.92 Å². The molecular weight excluding hydrogens is 268 g/mol. The first-order valence-electron chi connectivity index (χ1n) is 8.22. The fourth-order valence-electron chi connectivity index (χ4n) is 3.17. The second-order valence-electron chi connectivity index (χ2n) is 6.10. The van der Waals surface area contributed by atoms with Gasteiger partial charge >= 0.3 is 0 Å². The molecule has 118 valence electrons. The Labute approximate surface area is 126 Å². The standard InChI is InChI=1S/C15H26N4O2/c1-2-7-19-8-9-20-13(11-19)15-17-14(21-18-15)4-3-12-5-6-16-10-12/h12-13,16H,2-11H2,1H3. The van der Waals surface area contributed by atoms with E-state index in [1.807, 2.05) is 0 Å². The van der Waals surface area contributed by atoms with Gasteiger partial charge in [0, 0.05) is 19.5 Å². The summed E-state index contributed by atoms with van der Waals surface area (Å²) < 4.78 is 11.2. The monoisotopic (exact) mass is 294 g/mol. The highest BCUT2D eigenvalue weighted by Crippen LogP contribution is 2.21. The molecule has 3 heterocycles. The lowest BCUT2D eigenvalue weighted by molar-refractivity contribution is -0.0350. The normalized spacial score (nSPS) is 27.3. The van der Waals surface area contributed by atoms with Crippen molar-refractivity contribution in [1.82, 2.24) is 20.4 Å². The van der Waals surface area contributed by atoms with Crippen molar-refractivity contribution in [2.75, 3.05) is 39.3 Å². The molecule has 21 heavy (non-hydrogen) atoms. The van der Waals surface area contributed by atoms with Crippen LogP contribution in [0.15, 0.2) is 4.52 Å². The first-order chi connectivity index (χ1) is 10.3. The molecule has 6 heteroatoms. The van der Waals surface area contributed by atoms with Crippen LogP contribution in [0.1, 0.15) is 44.0 Å². The number of ether oxygens (including phenoxy) is 1. The smallest absolute Gasteiger partial charge is 0.226 e. The van der Waals surface area contributed by atoms with Gasteiger partial charge in [0.1, 0.15) is 6.10 Å². The molecule has 0 aromatic carbocycles. The molecular formula is C15H26N4O2. The van der Waals surface area contributed by atoms with Crippen LogP contribution in [-0.4, -0.2) is 54.4 Å². The largest absolute Gasteiger partial charge is 0.367 e. The average Bonchev–Trinajstić information content (AvgIpc) is 3.17. The number of rotatable bonds is 6. The fraction of sp³-hybridized carbons (Fsp3) is 0.867. The van der Waals surface area contributed by atoms with Crippen LogP contribution in [0, 0.1) is 5.92 Å². The average molecular weight is 294 g/mol. The minimum atomic E-state index is -0.0315. The highest BCUT2D eigenvalue weighted by molar-refractivity contribution is 4.94. The zero-order valence-electron chi connectivity index (χ0n) is 12.9. The molecule has 1 N–H and O–H groups in total. The zero-order chi connectivity index (χ0) is 14.5. The van der Waals surface area contributed by atoms with E-state index < -0.39 is 0 Å². The number of hydrogen-bond donors (Lipinski definition) is 1. The fourth-order valence-corrected chi connectivity index (χ4v) is 3.17. The summed E-state index contributed by atoms with van der Waals surface area (Å²) in [5.41, 5.74) is 0. The minimum absolute atomic E-state index is 0.0315. The predicted octanol–water partition coefficient (Wildman–Crippen LogP) is 1.39. The maximum absolute atomic E-state index is 5.80. The van der Waals surface area contributed by atoms with Gasteiger partial charge in [-0.3, -0.25) is 4.90 Å². The van der Waals surface area contributed by atoms with Gasteiger partial charge in [0.05, 0.1) is 6.61 Å². The Morgan fingerprint density at radius 3 is 3.19 bits per heavy atom. The molecule has 3 rings (SSSR count). The van der Waals surface area contributed by atoms with Crippen LogP contribution in [0.3, 0.4) is 0 Å². The van der Waals surface area contributed by atoms with E-state index in [4.69, 9.17) is 9.26 Å². The number of nitrogens with one attached hydrogen (secondary N) is 1. The van der Waals surface area contributed by atoms with E-state index in [0.29, 0.717) is 0 Å². The van der Waals surface area contributed by atoms with Gasteiger partial charge < -0.3 is 14.6 Å². The van der Waals surface area contributed by atoms with E-state index in [9.17, 15) is 0 Å². The van der Waals surface area contributed by atoms with Gasteiger partial charge in [-0.25, -0.2) is 0 Å². The molecule has 0 aliphatic carbocycles. The SMILES string of the molecule is CCCN1CCOC(c2noc(CCC3CCNC3)n2)C1. The highest BCUT2D eigenvalue weighted by Gasteiger charge is 2.26. The van der Waals surface area contributed by atoms with Crippen molar-refractivity contribution < 1.29 is 9.26 Å². The number of aromatic nitrogens is 2. The Morgan fingerprint density at radius 1 is 1.43 bits per heavy atom. The molecule has 2 aliphatic heterocycles. The molecule has 0 spiro atoms. The Hall–Kier alpha value is -0.980. The lowest BCUT2D eigenvalue weighted by Crippen LogP contribution is -2.39. The van der Waals surface area contributed by atoms with E-state index in [1.54, 1.807) is 0 Å². The summed E-state index contributed by atoms with van der Waals surface area (Å²) in [7, 11) is 0. The molecule has 0 radical (unpaired) electrons. The van der Waals surface area contributed by atoms with E-state index in [2.05, 4.69) is 27.3 Å². The van der Waals surface area contributed by atoms with Crippen LogP contribution >= 0.6 is 0 Å². The highest BCUT2D eigenvalue weighted by atomic mass is 16.5. The van der Waals surface area contributed by atoms with E-state index in [0.717, 1.165) is 69.8 Å². The van der Waals surface area contributed by atoms with Crippen molar-refractivity contribution in [3.8, 4) is 0 Å². The third kappa shape index (κ3) is 4.02. The Bertz CT molecular complexity index is 429. The van der Waals surface area contributed by atoms with Gasteiger partial charge in [0.15, 0.2) is 0 Å². The van der Waals surface area contributed by atoms with Gasteiger partial charge in [-0.2, -0.15) is 4.98 Å². The Balaban J connectivity index is 1.51. The summed E-state index contributed by atoms with van der Waals surface area (Å²) >= 11 is 0. The van der Waals surface area contributed by atoms with Crippen molar-refractivity contribution >= 4 is 0 Å². The molecule has 1 aromatic heterocycles. The molecule has 2 fully saturated rings. The van der Waals surface area contributed by atoms with Crippen LogP contribution in [0.5, 0.6) is 0 Å². The molecule has 6 nitrogen and oxygen atoms in total. The van der Waals surface area contributed by atoms with Crippen LogP contribution in [-0.2, 0) is 11.2 Å². The van der Waals surface area contributed by atoms with Gasteiger partial charge in [-0.15, -0.1) is 0 Å². The first-order valence-corrected chi connectivity index (χ1v) is 8.22. The second-order valence-corrected chi connectivity index (χ2v) is 6.10. The van der Waals surface area contributed by atoms with Crippen LogP contribution in [0.4, 0.5) is 0 Å². The van der Waals surface area contributed by atoms with E-state index in [1.165, 1.54) is 12.8 Å². The topological polar surface area (TPSA) is 63.4 Å². The van der Waals surface area contributed by atoms with Gasteiger partial charge in [0.25, 0.3) is 0 Å². The molecule has 0 bridgehead atoms. The number of morpholine rings is 1. The summed E-state index contributed by atoms with van der Waals surface area (Å²) in [6, 6.07) is 0. The predicted molar refractivity (Wildman–Crippen MR) is 79.0 cm³/mol. The number of nitrogens with zero attached hydrogens (tertiary/aromatic N) is 3. The van der Waals surface area contributed by atoms with Gasteiger partial charge in [0.2, 0.25) is 11.7 Å². The molecule has 2 unspecified atom stereocenters. The lowest BCUT2D eigenvalue weighted by atomic mass is 10.0. The Morgan fingerprint density at radius 2 is 2.38 bits per heavy atom. The van der Waals surface area contributed by atoms with Crippen LogP contribution in [0.25, 0.3) is 0 Å². The second kappa shape index (κ2) is 7.33. The summed E-state index contributed by atoms with van der Waals surface area (Å²) in [5.74, 6) is 2.23. The number of hydrogen-bond acceptors (Lipinski definition) is 6. The molecule has 0 amide bonds. The lowest BCUT2D eigenvalue weighted by Gasteiger charge is -2.30. The van der Waals surface area contributed by atoms with Crippen LogP contribution in [0.2, 0.25) is 0 Å². The first kappa shape index (κ1) is 14.9. The third-order valence-electron chi connectivity index (χ3n) is 4.39. The number of aryl methyl sites for hydroxylation is 1. The van der Waals surface area contributed by atoms with E-state index >= 15 is 0 Å². The van der Waals surface area contributed by atoms with Gasteiger partial charge in [-0.1, -0.05) is 12.1 Å². The molecule has 0 saturated carbocycles. The summed E-state index contributed by atoms with van der Waals surface area (Å²) in [4.78, 5) is 6.95. The van der Waals surface area contributed by atoms with E-state index in [-0.39, 0.29) is 6.10 Å². The quantitative estimate of drug-likeness (QED) is 0.855. The summed E-state index contributed by atoms with van der Waals surface area (Å²) in [5, 5.41) is 7.52. The minimum Gasteiger partial charge on any atom is -0.367 e. The summed E-state index contributed by atoms with van der Waals surface area (Å²) in [6.45, 7) is 8.21. The van der Waals surface area contributed by atoms with Crippen molar-refractivity contribution in [2.45, 2.75) is 38.7 Å². The van der Waals surface area contributed by atoms with Crippen LogP contribution < -0.4 is 5.32 Å².